The maximum absolute atomic E-state index is 12.8. The molecule has 0 aliphatic heterocycles. The molecule has 4 rings (SSSR count). The van der Waals surface area contributed by atoms with Crippen LogP contribution in [0.25, 0.3) is 21.8 Å². The molecule has 2 aromatic heterocycles. The fraction of sp³-hybridized carbons (Fsp3) is 0.297. The molecule has 0 saturated carbocycles. The number of nitrogens with one attached hydrogen (secondary N) is 2. The van der Waals surface area contributed by atoms with Crippen LogP contribution in [0.1, 0.15) is 56.6 Å². The largest absolute Gasteiger partial charge is 0.445 e. The zero-order chi connectivity index (χ0) is 30.3. The van der Waals surface area contributed by atoms with E-state index >= 15 is 0 Å². The quantitative estimate of drug-likeness (QED) is 0.0713. The lowest BCUT2D eigenvalue weighted by atomic mass is 10.1. The molecule has 6 nitrogen and oxygen atoms in total. The first-order valence-corrected chi connectivity index (χ1v) is 14.9. The zero-order valence-corrected chi connectivity index (χ0v) is 24.7. The van der Waals surface area contributed by atoms with Gasteiger partial charge in [-0.2, -0.15) is 0 Å². The highest BCUT2D eigenvalue weighted by Gasteiger charge is 2.14. The second kappa shape index (κ2) is 16.5. The van der Waals surface area contributed by atoms with E-state index < -0.39 is 18.2 Å². The molecule has 0 unspecified atom stereocenters. The maximum Gasteiger partial charge on any atom is 0.311 e. The highest BCUT2D eigenvalue weighted by atomic mass is 16.5. The summed E-state index contributed by atoms with van der Waals surface area (Å²) in [6, 6.07) is 15.6. The number of fused-ring (bicyclic) bond motifs is 2. The number of hydrogen-bond donors (Lipinski definition) is 2. The summed E-state index contributed by atoms with van der Waals surface area (Å²) in [6.45, 7) is 5.93. The second-order valence-electron chi connectivity index (χ2n) is 10.3. The van der Waals surface area contributed by atoms with Crippen LogP contribution < -0.4 is 0 Å². The van der Waals surface area contributed by atoms with Gasteiger partial charge in [-0.1, -0.05) is 81.7 Å². The van der Waals surface area contributed by atoms with Crippen molar-refractivity contribution < 1.29 is 19.1 Å². The number of rotatable bonds is 14. The molecular weight excluding hydrogens is 536 g/mol. The van der Waals surface area contributed by atoms with Crippen LogP contribution in [0.4, 0.5) is 0 Å². The fourth-order valence-electron chi connectivity index (χ4n) is 4.79. The van der Waals surface area contributed by atoms with E-state index in [-0.39, 0.29) is 18.8 Å². The Morgan fingerprint density at radius 3 is 1.91 bits per heavy atom. The van der Waals surface area contributed by atoms with E-state index in [2.05, 4.69) is 47.2 Å². The predicted octanol–water partition coefficient (Wildman–Crippen LogP) is 7.37. The van der Waals surface area contributed by atoms with E-state index in [1.54, 1.807) is 0 Å². The fourth-order valence-corrected chi connectivity index (χ4v) is 4.79. The molecule has 0 saturated heterocycles. The van der Waals surface area contributed by atoms with Crippen molar-refractivity contribution in [2.75, 3.05) is 0 Å². The summed E-state index contributed by atoms with van der Waals surface area (Å²) in [5.41, 5.74) is 3.66. The maximum atomic E-state index is 12.8. The van der Waals surface area contributed by atoms with Crippen LogP contribution in [0.2, 0.25) is 0 Å². The molecule has 2 N–H and O–H groups in total. The van der Waals surface area contributed by atoms with E-state index in [1.807, 2.05) is 73.1 Å². The highest BCUT2D eigenvalue weighted by molar-refractivity contribution is 5.88. The van der Waals surface area contributed by atoms with Crippen molar-refractivity contribution in [3.8, 4) is 23.7 Å². The van der Waals surface area contributed by atoms with Crippen LogP contribution in [0.15, 0.2) is 85.7 Å². The Morgan fingerprint density at radius 1 is 0.791 bits per heavy atom. The topological polar surface area (TPSA) is 84.2 Å². The van der Waals surface area contributed by atoms with Gasteiger partial charge in [0.15, 0.2) is 12.2 Å². The smallest absolute Gasteiger partial charge is 0.311 e. The van der Waals surface area contributed by atoms with Crippen LogP contribution in [0, 0.1) is 23.7 Å². The summed E-state index contributed by atoms with van der Waals surface area (Å²) < 4.78 is 11.2. The summed E-state index contributed by atoms with van der Waals surface area (Å²) in [4.78, 5) is 31.8. The van der Waals surface area contributed by atoms with Crippen molar-refractivity contribution in [3.63, 3.8) is 0 Å². The molecule has 4 aromatic rings. The van der Waals surface area contributed by atoms with Gasteiger partial charge in [0.05, 0.1) is 12.8 Å². The van der Waals surface area contributed by atoms with Gasteiger partial charge in [0.1, 0.15) is 0 Å². The van der Waals surface area contributed by atoms with Gasteiger partial charge in [-0.25, -0.2) is 0 Å². The van der Waals surface area contributed by atoms with Gasteiger partial charge in [0, 0.05) is 34.2 Å². The number of unbranched alkanes of at least 4 members (excludes halogenated alkanes) is 5. The number of ether oxygens (including phenoxy) is 2. The Bertz CT molecular complexity index is 1680. The standard InChI is InChI=1S/C37H38N2O4/c1-3-5-6-7-8-9-10-18-31(43-37(41)25-29-27-39-35-23-16-14-21-33(29)35)19-12-11-17-30(4-2)42-36(40)24-28-26-38-34-22-15-13-20-32(28)34/h4,10,13-16,18,20-23,26-27,30-31,38-39H,2-3,5-9,24-25H2,1H3/b18-10-/t30-,31+/m1/s1. The summed E-state index contributed by atoms with van der Waals surface area (Å²) in [6.07, 6.45) is 14.4. The summed E-state index contributed by atoms with van der Waals surface area (Å²) in [5.74, 6) is 10.5. The van der Waals surface area contributed by atoms with Crippen molar-refractivity contribution in [2.45, 2.75) is 70.5 Å². The van der Waals surface area contributed by atoms with Gasteiger partial charge >= 0.3 is 11.9 Å². The molecule has 0 aliphatic rings. The lowest BCUT2D eigenvalue weighted by molar-refractivity contribution is -0.144. The van der Waals surface area contributed by atoms with Crippen molar-refractivity contribution >= 4 is 33.7 Å². The number of H-pyrrole nitrogens is 2. The Labute approximate surface area is 253 Å². The number of aromatic nitrogens is 2. The van der Waals surface area contributed by atoms with Crippen molar-refractivity contribution in [3.05, 3.63) is 96.9 Å². The van der Waals surface area contributed by atoms with Gasteiger partial charge in [0.25, 0.3) is 0 Å². The van der Waals surface area contributed by atoms with Crippen molar-refractivity contribution in [1.82, 2.24) is 9.97 Å². The molecule has 6 heteroatoms. The third kappa shape index (κ3) is 9.55. The second-order valence-corrected chi connectivity index (χ2v) is 10.3. The SMILES string of the molecule is C=C[C@H](C#CC#C[C@H](/C=C\CCCCCCC)OC(=O)Cc1c[nH]c2ccccc12)OC(=O)Cc1c[nH]c2ccccc12. The lowest BCUT2D eigenvalue weighted by Crippen LogP contribution is -2.16. The Hall–Kier alpha value is -4.94. The molecular formula is C37H38N2O4. The Balaban J connectivity index is 1.36. The van der Waals surface area contributed by atoms with Gasteiger partial charge in [-0.3, -0.25) is 9.59 Å². The van der Waals surface area contributed by atoms with Crippen LogP contribution in [-0.2, 0) is 31.9 Å². The van der Waals surface area contributed by atoms with E-state index in [9.17, 15) is 9.59 Å². The minimum atomic E-state index is -0.812. The molecule has 0 aliphatic carbocycles. The summed E-state index contributed by atoms with van der Waals surface area (Å²) in [5, 5.41) is 1.97. The molecule has 43 heavy (non-hydrogen) atoms. The molecule has 0 bridgehead atoms. The normalized spacial score (nSPS) is 12.2. The Kier molecular flexibility index (Phi) is 11.9. The number of aromatic amines is 2. The molecule has 2 aromatic carbocycles. The first kappa shape index (κ1) is 31.0. The van der Waals surface area contributed by atoms with E-state index in [0.29, 0.717) is 0 Å². The van der Waals surface area contributed by atoms with E-state index in [0.717, 1.165) is 45.8 Å². The number of allylic oxidation sites excluding steroid dienone is 1. The summed E-state index contributed by atoms with van der Waals surface area (Å²) >= 11 is 0. The minimum Gasteiger partial charge on any atom is -0.445 e. The van der Waals surface area contributed by atoms with Gasteiger partial charge in [-0.15, -0.1) is 0 Å². The van der Waals surface area contributed by atoms with Crippen LogP contribution >= 0.6 is 0 Å². The lowest BCUT2D eigenvalue weighted by Gasteiger charge is -2.08. The van der Waals surface area contributed by atoms with Crippen molar-refractivity contribution in [2.24, 2.45) is 0 Å². The average molecular weight is 575 g/mol. The number of carbonyl (C=O) groups excluding carboxylic acids is 2. The first-order valence-electron chi connectivity index (χ1n) is 14.9. The first-order chi connectivity index (χ1) is 21.1. The number of carbonyl (C=O) groups is 2. The van der Waals surface area contributed by atoms with Crippen LogP contribution in [-0.4, -0.2) is 34.1 Å². The molecule has 220 valence electrons. The number of hydrogen-bond acceptors (Lipinski definition) is 4. The third-order valence-electron chi connectivity index (χ3n) is 7.03. The molecule has 2 heterocycles. The van der Waals surface area contributed by atoms with Crippen molar-refractivity contribution in [1.29, 1.82) is 0 Å². The average Bonchev–Trinajstić information content (AvgIpc) is 3.62. The highest BCUT2D eigenvalue weighted by Crippen LogP contribution is 2.20. The van der Waals surface area contributed by atoms with E-state index in [1.165, 1.54) is 31.8 Å². The number of para-hydroxylation sites is 2. The van der Waals surface area contributed by atoms with Gasteiger partial charge in [-0.05, 0) is 71.9 Å². The zero-order valence-electron chi connectivity index (χ0n) is 24.7. The molecule has 0 amide bonds. The predicted molar refractivity (Wildman–Crippen MR) is 172 cm³/mol. The summed E-state index contributed by atoms with van der Waals surface area (Å²) in [7, 11) is 0. The van der Waals surface area contributed by atoms with Crippen LogP contribution in [0.5, 0.6) is 0 Å². The molecule has 2 atom stereocenters. The molecule has 0 spiro atoms. The van der Waals surface area contributed by atoms with Gasteiger partial charge in [0.2, 0.25) is 0 Å². The third-order valence-corrected chi connectivity index (χ3v) is 7.03. The Morgan fingerprint density at radius 2 is 1.33 bits per heavy atom. The number of benzene rings is 2. The van der Waals surface area contributed by atoms with Gasteiger partial charge < -0.3 is 19.4 Å². The van der Waals surface area contributed by atoms with E-state index in [4.69, 9.17) is 9.47 Å². The number of esters is 2. The molecule has 0 fully saturated rings. The monoisotopic (exact) mass is 574 g/mol. The minimum absolute atomic E-state index is 0.111. The molecule has 0 radical (unpaired) electrons. The van der Waals surface area contributed by atoms with Crippen LogP contribution in [0.3, 0.4) is 0 Å².